The first kappa shape index (κ1) is 18.7. The van der Waals surface area contributed by atoms with Gasteiger partial charge in [-0.15, -0.1) is 0 Å². The first-order valence-electron chi connectivity index (χ1n) is 10.3. The summed E-state index contributed by atoms with van der Waals surface area (Å²) in [4.78, 5) is 9.11. The second-order valence-corrected chi connectivity index (χ2v) is 7.77. The van der Waals surface area contributed by atoms with E-state index in [1.54, 1.807) is 6.33 Å². The van der Waals surface area contributed by atoms with Crippen LogP contribution in [0.3, 0.4) is 0 Å². The maximum Gasteiger partial charge on any atom is 0.116 e. The monoisotopic (exact) mass is 369 g/mol. The third-order valence-corrected chi connectivity index (χ3v) is 6.15. The van der Waals surface area contributed by atoms with Crippen LogP contribution in [0.25, 0.3) is 10.9 Å². The SMILES string of the molecule is CCC1(CCc2ncnc3ccc(C#Cc4ccccc4)cc23)CCNCC1. The van der Waals surface area contributed by atoms with Crippen LogP contribution in [0.15, 0.2) is 54.9 Å². The lowest BCUT2D eigenvalue weighted by Gasteiger charge is -2.37. The molecular weight excluding hydrogens is 342 g/mol. The highest BCUT2D eigenvalue weighted by atomic mass is 14.9. The molecule has 2 heterocycles. The molecule has 2 aromatic carbocycles. The van der Waals surface area contributed by atoms with Crippen molar-refractivity contribution in [2.75, 3.05) is 13.1 Å². The highest BCUT2D eigenvalue weighted by Crippen LogP contribution is 2.37. The number of aromatic nitrogens is 2. The average Bonchev–Trinajstić information content (AvgIpc) is 2.77. The van der Waals surface area contributed by atoms with Crippen molar-refractivity contribution in [1.29, 1.82) is 0 Å². The van der Waals surface area contributed by atoms with Crippen LogP contribution in [0, 0.1) is 17.3 Å². The standard InChI is InChI=1S/C25H27N3/c1-2-25(14-16-26-17-15-25)13-12-24-22-18-21(10-11-23(22)27-19-28-24)9-8-20-6-4-3-5-7-20/h3-7,10-11,18-19,26H,2,12-17H2,1H3. The summed E-state index contributed by atoms with van der Waals surface area (Å²) in [6.45, 7) is 4.61. The first-order chi connectivity index (χ1) is 13.8. The van der Waals surface area contributed by atoms with E-state index in [1.807, 2.05) is 30.3 Å². The minimum atomic E-state index is 0.452. The molecule has 3 nitrogen and oxygen atoms in total. The van der Waals surface area contributed by atoms with Crippen LogP contribution in [-0.4, -0.2) is 23.1 Å². The number of aryl methyl sites for hydroxylation is 1. The molecule has 0 amide bonds. The Morgan fingerprint density at radius 1 is 0.964 bits per heavy atom. The van der Waals surface area contributed by atoms with E-state index in [9.17, 15) is 0 Å². The topological polar surface area (TPSA) is 37.8 Å². The molecule has 0 aliphatic carbocycles. The molecule has 142 valence electrons. The highest BCUT2D eigenvalue weighted by Gasteiger charge is 2.29. The number of piperidine rings is 1. The number of nitrogens with one attached hydrogen (secondary N) is 1. The lowest BCUT2D eigenvalue weighted by Crippen LogP contribution is -2.36. The average molecular weight is 370 g/mol. The van der Waals surface area contributed by atoms with Crippen LogP contribution in [0.2, 0.25) is 0 Å². The molecule has 0 radical (unpaired) electrons. The van der Waals surface area contributed by atoms with Crippen molar-refractivity contribution in [3.63, 3.8) is 0 Å². The van der Waals surface area contributed by atoms with Gasteiger partial charge in [-0.05, 0) is 74.5 Å². The van der Waals surface area contributed by atoms with Gasteiger partial charge in [0.25, 0.3) is 0 Å². The van der Waals surface area contributed by atoms with Gasteiger partial charge < -0.3 is 5.32 Å². The number of benzene rings is 2. The summed E-state index contributed by atoms with van der Waals surface area (Å²) >= 11 is 0. The summed E-state index contributed by atoms with van der Waals surface area (Å²) in [5.41, 5.74) is 4.65. The zero-order chi connectivity index (χ0) is 19.2. The summed E-state index contributed by atoms with van der Waals surface area (Å²) in [6, 6.07) is 16.4. The second kappa shape index (κ2) is 8.54. The van der Waals surface area contributed by atoms with E-state index < -0.39 is 0 Å². The molecule has 4 rings (SSSR count). The summed E-state index contributed by atoms with van der Waals surface area (Å²) < 4.78 is 0. The van der Waals surface area contributed by atoms with Crippen molar-refractivity contribution >= 4 is 10.9 Å². The minimum Gasteiger partial charge on any atom is -0.317 e. The van der Waals surface area contributed by atoms with Crippen LogP contribution >= 0.6 is 0 Å². The number of rotatable bonds is 4. The molecule has 1 aromatic heterocycles. The fraction of sp³-hybridized carbons (Fsp3) is 0.360. The van der Waals surface area contributed by atoms with Gasteiger partial charge in [-0.1, -0.05) is 43.4 Å². The third-order valence-electron chi connectivity index (χ3n) is 6.15. The molecule has 1 aliphatic rings. The van der Waals surface area contributed by atoms with E-state index >= 15 is 0 Å². The van der Waals surface area contributed by atoms with E-state index in [2.05, 4.69) is 52.2 Å². The quantitative estimate of drug-likeness (QED) is 0.675. The molecule has 3 heteroatoms. The number of hydrogen-bond acceptors (Lipinski definition) is 3. The van der Waals surface area contributed by atoms with Gasteiger partial charge in [0, 0.05) is 16.5 Å². The predicted molar refractivity (Wildman–Crippen MR) is 115 cm³/mol. The van der Waals surface area contributed by atoms with Gasteiger partial charge in [-0.2, -0.15) is 0 Å². The number of fused-ring (bicyclic) bond motifs is 1. The summed E-state index contributed by atoms with van der Waals surface area (Å²) in [5.74, 6) is 6.54. The van der Waals surface area contributed by atoms with E-state index in [4.69, 9.17) is 0 Å². The van der Waals surface area contributed by atoms with Gasteiger partial charge in [-0.25, -0.2) is 9.97 Å². The van der Waals surface area contributed by atoms with E-state index in [-0.39, 0.29) is 0 Å². The molecule has 0 saturated carbocycles. The molecule has 0 bridgehead atoms. The molecule has 3 aromatic rings. The molecule has 1 saturated heterocycles. The number of hydrogen-bond donors (Lipinski definition) is 1. The lowest BCUT2D eigenvalue weighted by molar-refractivity contribution is 0.176. The Balaban J connectivity index is 1.59. The zero-order valence-electron chi connectivity index (χ0n) is 16.5. The number of nitrogens with zero attached hydrogens (tertiary/aromatic N) is 2. The van der Waals surface area contributed by atoms with Crippen LogP contribution < -0.4 is 5.32 Å². The smallest absolute Gasteiger partial charge is 0.116 e. The fourth-order valence-electron chi connectivity index (χ4n) is 4.17. The van der Waals surface area contributed by atoms with E-state index in [0.29, 0.717) is 5.41 Å². The van der Waals surface area contributed by atoms with Crippen molar-refractivity contribution in [1.82, 2.24) is 15.3 Å². The van der Waals surface area contributed by atoms with Gasteiger partial charge in [0.15, 0.2) is 0 Å². The minimum absolute atomic E-state index is 0.452. The van der Waals surface area contributed by atoms with Crippen LogP contribution in [0.4, 0.5) is 0 Å². The first-order valence-corrected chi connectivity index (χ1v) is 10.3. The summed E-state index contributed by atoms with van der Waals surface area (Å²) in [5, 5.41) is 4.64. The molecule has 1 aliphatic heterocycles. The maximum absolute atomic E-state index is 4.64. The van der Waals surface area contributed by atoms with Crippen LogP contribution in [-0.2, 0) is 6.42 Å². The Bertz CT molecular complexity index is 992. The van der Waals surface area contributed by atoms with Crippen molar-refractivity contribution in [2.45, 2.75) is 39.0 Å². The van der Waals surface area contributed by atoms with E-state index in [0.717, 1.165) is 47.2 Å². The van der Waals surface area contributed by atoms with Gasteiger partial charge in [0.1, 0.15) is 6.33 Å². The Labute approximate surface area is 167 Å². The van der Waals surface area contributed by atoms with Crippen molar-refractivity contribution in [3.8, 4) is 11.8 Å². The Kier molecular flexibility index (Phi) is 5.69. The molecule has 0 spiro atoms. The molecule has 28 heavy (non-hydrogen) atoms. The Morgan fingerprint density at radius 2 is 1.75 bits per heavy atom. The van der Waals surface area contributed by atoms with Crippen molar-refractivity contribution in [3.05, 3.63) is 71.7 Å². The molecule has 1 fully saturated rings. The molecule has 0 atom stereocenters. The van der Waals surface area contributed by atoms with Crippen LogP contribution in [0.5, 0.6) is 0 Å². The Hall–Kier alpha value is -2.70. The van der Waals surface area contributed by atoms with Gasteiger partial charge in [0.05, 0.1) is 11.2 Å². The van der Waals surface area contributed by atoms with Crippen molar-refractivity contribution < 1.29 is 0 Å². The summed E-state index contributed by atoms with van der Waals surface area (Å²) in [6.07, 6.45) is 7.67. The van der Waals surface area contributed by atoms with Crippen molar-refractivity contribution in [2.24, 2.45) is 5.41 Å². The lowest BCUT2D eigenvalue weighted by atomic mass is 9.73. The summed E-state index contributed by atoms with van der Waals surface area (Å²) in [7, 11) is 0. The Morgan fingerprint density at radius 3 is 2.54 bits per heavy atom. The highest BCUT2D eigenvalue weighted by molar-refractivity contribution is 5.82. The molecule has 1 N–H and O–H groups in total. The van der Waals surface area contributed by atoms with Crippen LogP contribution in [0.1, 0.15) is 49.4 Å². The van der Waals surface area contributed by atoms with Gasteiger partial charge in [-0.3, -0.25) is 0 Å². The fourth-order valence-corrected chi connectivity index (χ4v) is 4.17. The largest absolute Gasteiger partial charge is 0.317 e. The third kappa shape index (κ3) is 4.24. The van der Waals surface area contributed by atoms with E-state index in [1.165, 1.54) is 25.7 Å². The maximum atomic E-state index is 4.64. The predicted octanol–water partition coefficient (Wildman–Crippen LogP) is 4.74. The normalized spacial score (nSPS) is 15.8. The zero-order valence-corrected chi connectivity index (χ0v) is 16.5. The molecule has 0 unspecified atom stereocenters. The second-order valence-electron chi connectivity index (χ2n) is 7.77. The van der Waals surface area contributed by atoms with Gasteiger partial charge >= 0.3 is 0 Å². The molecular formula is C25H27N3. The van der Waals surface area contributed by atoms with Gasteiger partial charge in [0.2, 0.25) is 0 Å².